The average Bonchev–Trinajstić information content (AvgIpc) is 2.84. The molecule has 0 saturated carbocycles. The van der Waals surface area contributed by atoms with Gasteiger partial charge in [-0.05, 0) is 34.7 Å². The number of aromatic nitrogens is 2. The Morgan fingerprint density at radius 1 is 0.886 bits per heavy atom. The van der Waals surface area contributed by atoms with Crippen molar-refractivity contribution >= 4 is 26.7 Å². The van der Waals surface area contributed by atoms with Gasteiger partial charge in [-0.1, -0.05) is 81.4 Å². The Morgan fingerprint density at radius 3 is 2.11 bits per heavy atom. The fourth-order valence-corrected chi connectivity index (χ4v) is 4.47. The topological polar surface area (TPSA) is 110 Å². The lowest BCUT2D eigenvalue weighted by molar-refractivity contribution is 0.0939. The molecule has 1 heterocycles. The van der Waals surface area contributed by atoms with E-state index in [-0.39, 0.29) is 28.1 Å². The van der Waals surface area contributed by atoms with Crippen molar-refractivity contribution in [1.29, 1.82) is 0 Å². The van der Waals surface area contributed by atoms with E-state index in [4.69, 9.17) is 0 Å². The molecule has 9 heteroatoms. The summed E-state index contributed by atoms with van der Waals surface area (Å²) in [5, 5.41) is 4.90. The highest BCUT2D eigenvalue weighted by Gasteiger charge is 2.21. The third-order valence-corrected chi connectivity index (χ3v) is 6.85. The maximum Gasteiger partial charge on any atom is 0.287 e. The molecule has 4 rings (SSSR count). The summed E-state index contributed by atoms with van der Waals surface area (Å²) < 4.78 is 26.7. The normalized spacial score (nSPS) is 12.0. The fraction of sp³-hybridized carbons (Fsp3) is 0.192. The van der Waals surface area contributed by atoms with Crippen LogP contribution in [0.25, 0.3) is 10.8 Å². The molecule has 2 N–H and O–H groups in total. The smallest absolute Gasteiger partial charge is 0.272 e. The predicted octanol–water partition coefficient (Wildman–Crippen LogP) is 3.37. The molecule has 35 heavy (non-hydrogen) atoms. The zero-order chi connectivity index (χ0) is 25.2. The number of nitrogens with zero attached hydrogens (tertiary/aromatic N) is 2. The van der Waals surface area contributed by atoms with Crippen molar-refractivity contribution in [3.63, 3.8) is 0 Å². The Kier molecular flexibility index (Phi) is 6.56. The molecule has 1 amide bonds. The molecule has 0 radical (unpaired) electrons. The van der Waals surface area contributed by atoms with Gasteiger partial charge in [-0.15, -0.1) is 4.83 Å². The minimum atomic E-state index is -4.02. The number of hydrogen-bond donors (Lipinski definition) is 2. The molecule has 180 valence electrons. The Bertz CT molecular complexity index is 1540. The van der Waals surface area contributed by atoms with Crippen LogP contribution >= 0.6 is 0 Å². The van der Waals surface area contributed by atoms with Gasteiger partial charge < -0.3 is 0 Å². The summed E-state index contributed by atoms with van der Waals surface area (Å²) in [6, 6.07) is 22.3. The molecule has 0 aliphatic carbocycles. The molecule has 8 nitrogen and oxygen atoms in total. The van der Waals surface area contributed by atoms with Crippen LogP contribution in [0.2, 0.25) is 0 Å². The number of carbonyl (C=O) groups excluding carboxylic acids is 1. The Labute approximate surface area is 203 Å². The van der Waals surface area contributed by atoms with Crippen LogP contribution in [0.5, 0.6) is 0 Å². The first-order chi connectivity index (χ1) is 16.6. The molecule has 0 atom stereocenters. The lowest BCUT2D eigenvalue weighted by Crippen LogP contribution is -2.42. The number of benzene rings is 3. The Morgan fingerprint density at radius 2 is 1.49 bits per heavy atom. The van der Waals surface area contributed by atoms with Crippen LogP contribution in [0, 0.1) is 0 Å². The average molecular weight is 491 g/mol. The summed E-state index contributed by atoms with van der Waals surface area (Å²) >= 11 is 0. The minimum absolute atomic E-state index is 0.0117. The van der Waals surface area contributed by atoms with E-state index >= 15 is 0 Å². The van der Waals surface area contributed by atoms with E-state index in [0.717, 1.165) is 11.1 Å². The highest BCUT2D eigenvalue weighted by Crippen LogP contribution is 2.23. The number of fused-ring (bicyclic) bond motifs is 1. The molecule has 0 fully saturated rings. The minimum Gasteiger partial charge on any atom is -0.272 e. The SMILES string of the molecule is CC(C)(C)c1ccc(S(=O)(=O)NNC(=O)c2nn(Cc3ccccc3)c(=O)c3ccccc23)cc1. The molecule has 0 unspecified atom stereocenters. The Balaban J connectivity index is 1.62. The Hall–Kier alpha value is -3.82. The summed E-state index contributed by atoms with van der Waals surface area (Å²) in [6.07, 6.45) is 0. The summed E-state index contributed by atoms with van der Waals surface area (Å²) in [4.78, 5) is 28.1. The third-order valence-electron chi connectivity index (χ3n) is 5.59. The summed E-state index contributed by atoms with van der Waals surface area (Å²) in [7, 11) is -4.02. The molecule has 1 aromatic heterocycles. The molecular weight excluding hydrogens is 464 g/mol. The first-order valence-corrected chi connectivity index (χ1v) is 12.5. The van der Waals surface area contributed by atoms with Crippen LogP contribution in [0.1, 0.15) is 42.4 Å². The third kappa shape index (κ3) is 5.31. The highest BCUT2D eigenvalue weighted by atomic mass is 32.2. The van der Waals surface area contributed by atoms with Gasteiger partial charge in [0.15, 0.2) is 5.69 Å². The molecule has 0 aliphatic heterocycles. The monoisotopic (exact) mass is 490 g/mol. The molecule has 0 saturated heterocycles. The maximum atomic E-state index is 13.0. The highest BCUT2D eigenvalue weighted by molar-refractivity contribution is 7.89. The van der Waals surface area contributed by atoms with Crippen LogP contribution < -0.4 is 15.8 Å². The largest absolute Gasteiger partial charge is 0.287 e. The summed E-state index contributed by atoms with van der Waals surface area (Å²) in [6.45, 7) is 6.26. The molecule has 0 aliphatic rings. The zero-order valence-electron chi connectivity index (χ0n) is 19.6. The predicted molar refractivity (Wildman–Crippen MR) is 134 cm³/mol. The first-order valence-electron chi connectivity index (χ1n) is 11.0. The van der Waals surface area contributed by atoms with E-state index in [1.165, 1.54) is 16.8 Å². The number of hydrogen-bond acceptors (Lipinski definition) is 5. The number of carbonyl (C=O) groups is 1. The number of hydrazine groups is 1. The van der Waals surface area contributed by atoms with Gasteiger partial charge in [0.2, 0.25) is 0 Å². The quantitative estimate of drug-likeness (QED) is 0.403. The number of rotatable bonds is 6. The fourth-order valence-electron chi connectivity index (χ4n) is 3.63. The standard InChI is InChI=1S/C26H26N4O4S/c1-26(2,3)19-13-15-20(16-14-19)35(33,34)29-27-24(31)23-21-11-7-8-12-22(21)25(32)30(28-23)17-18-9-5-4-6-10-18/h4-16,29H,17H2,1-3H3,(H,27,31). The van der Waals surface area contributed by atoms with Crippen molar-refractivity contribution in [2.45, 2.75) is 37.6 Å². The van der Waals surface area contributed by atoms with Crippen molar-refractivity contribution in [2.24, 2.45) is 0 Å². The molecule has 0 bridgehead atoms. The van der Waals surface area contributed by atoms with Gasteiger partial charge in [0.25, 0.3) is 21.5 Å². The van der Waals surface area contributed by atoms with Crippen LogP contribution in [-0.4, -0.2) is 24.1 Å². The van der Waals surface area contributed by atoms with Gasteiger partial charge in [-0.25, -0.2) is 13.1 Å². The van der Waals surface area contributed by atoms with Gasteiger partial charge in [0.1, 0.15) is 0 Å². The summed E-state index contributed by atoms with van der Waals surface area (Å²) in [5.41, 5.74) is 3.51. The van der Waals surface area contributed by atoms with Crippen molar-refractivity contribution in [2.75, 3.05) is 0 Å². The number of nitrogens with one attached hydrogen (secondary N) is 2. The van der Waals surface area contributed by atoms with Crippen LogP contribution in [-0.2, 0) is 22.0 Å². The second-order valence-corrected chi connectivity index (χ2v) is 10.9. The number of amides is 1. The van der Waals surface area contributed by atoms with Crippen LogP contribution in [0.4, 0.5) is 0 Å². The molecule has 3 aromatic carbocycles. The second kappa shape index (κ2) is 9.44. The van der Waals surface area contributed by atoms with Crippen molar-refractivity contribution in [3.05, 3.63) is 106 Å². The molecule has 4 aromatic rings. The first kappa shape index (κ1) is 24.3. The molecule has 0 spiro atoms. The van der Waals surface area contributed by atoms with E-state index in [1.807, 2.05) is 51.1 Å². The van der Waals surface area contributed by atoms with Crippen molar-refractivity contribution in [1.82, 2.24) is 20.0 Å². The van der Waals surface area contributed by atoms with Crippen LogP contribution in [0.3, 0.4) is 0 Å². The zero-order valence-corrected chi connectivity index (χ0v) is 20.5. The molecular formula is C26H26N4O4S. The number of sulfonamides is 1. The van der Waals surface area contributed by atoms with Gasteiger partial charge in [-0.3, -0.25) is 15.0 Å². The van der Waals surface area contributed by atoms with Gasteiger partial charge in [0, 0.05) is 5.39 Å². The van der Waals surface area contributed by atoms with E-state index in [2.05, 4.69) is 15.4 Å². The van der Waals surface area contributed by atoms with E-state index in [9.17, 15) is 18.0 Å². The van der Waals surface area contributed by atoms with Crippen LogP contribution in [0.15, 0.2) is 88.6 Å². The van der Waals surface area contributed by atoms with E-state index in [0.29, 0.717) is 10.8 Å². The van der Waals surface area contributed by atoms with E-state index < -0.39 is 15.9 Å². The second-order valence-electron chi connectivity index (χ2n) is 9.18. The van der Waals surface area contributed by atoms with Crippen molar-refractivity contribution < 1.29 is 13.2 Å². The maximum absolute atomic E-state index is 13.0. The van der Waals surface area contributed by atoms with Crippen molar-refractivity contribution in [3.8, 4) is 0 Å². The van der Waals surface area contributed by atoms with Gasteiger partial charge in [-0.2, -0.15) is 5.10 Å². The lowest BCUT2D eigenvalue weighted by atomic mass is 9.87. The van der Waals surface area contributed by atoms with Gasteiger partial charge >= 0.3 is 0 Å². The van der Waals surface area contributed by atoms with Gasteiger partial charge in [0.05, 0.1) is 16.8 Å². The lowest BCUT2D eigenvalue weighted by Gasteiger charge is -2.19. The summed E-state index contributed by atoms with van der Waals surface area (Å²) in [5.74, 6) is -0.780. The van der Waals surface area contributed by atoms with E-state index in [1.54, 1.807) is 36.4 Å².